The predicted molar refractivity (Wildman–Crippen MR) is 88.5 cm³/mol. The fourth-order valence-electron chi connectivity index (χ4n) is 2.85. The van der Waals surface area contributed by atoms with Gasteiger partial charge in [-0.25, -0.2) is 9.18 Å². The van der Waals surface area contributed by atoms with E-state index in [1.807, 2.05) is 0 Å². The maximum Gasteiger partial charge on any atom is 0.412 e. The molecule has 24 heavy (non-hydrogen) atoms. The number of hydrogen-bond donors (Lipinski definition) is 2. The summed E-state index contributed by atoms with van der Waals surface area (Å²) in [5, 5.41) is 9.48. The van der Waals surface area contributed by atoms with Crippen molar-refractivity contribution in [2.75, 3.05) is 4.90 Å². The molecule has 124 valence electrons. The molecule has 1 fully saturated rings. The summed E-state index contributed by atoms with van der Waals surface area (Å²) in [6.07, 6.45) is 1.54. The zero-order valence-corrected chi connectivity index (χ0v) is 12.9. The number of nitrogens with two attached hydrogens (primary N) is 1. The van der Waals surface area contributed by atoms with E-state index < -0.39 is 17.8 Å². The van der Waals surface area contributed by atoms with E-state index in [2.05, 4.69) is 0 Å². The van der Waals surface area contributed by atoms with Gasteiger partial charge in [-0.2, -0.15) is 0 Å². The third kappa shape index (κ3) is 2.95. The number of halogens is 1. The molecular formula is C18H17FN2O3. The van der Waals surface area contributed by atoms with Crippen LogP contribution < -0.4 is 10.6 Å². The summed E-state index contributed by atoms with van der Waals surface area (Å²) in [6, 6.07) is 10.5. The first-order chi connectivity index (χ1) is 11.5. The molecule has 3 N–H and O–H groups in total. The lowest BCUT2D eigenvalue weighted by atomic mass is 9.91. The number of carboxylic acid groups (broad SMARTS) is 1. The Kier molecular flexibility index (Phi) is 4.20. The molecule has 1 aliphatic rings. The van der Waals surface area contributed by atoms with Crippen LogP contribution in [0.2, 0.25) is 0 Å². The minimum absolute atomic E-state index is 0.0715. The number of nitrogens with zero attached hydrogens (tertiary/aromatic N) is 1. The van der Waals surface area contributed by atoms with Crippen LogP contribution in [0.4, 0.5) is 14.9 Å². The molecule has 2 aromatic carbocycles. The maximum atomic E-state index is 14.3. The van der Waals surface area contributed by atoms with Gasteiger partial charge in [0.1, 0.15) is 5.82 Å². The highest BCUT2D eigenvalue weighted by molar-refractivity contribution is 5.94. The lowest BCUT2D eigenvalue weighted by Gasteiger charge is -2.35. The summed E-state index contributed by atoms with van der Waals surface area (Å²) in [4.78, 5) is 24.2. The minimum Gasteiger partial charge on any atom is -0.465 e. The van der Waals surface area contributed by atoms with Gasteiger partial charge < -0.3 is 10.8 Å². The van der Waals surface area contributed by atoms with Crippen molar-refractivity contribution in [3.63, 3.8) is 0 Å². The van der Waals surface area contributed by atoms with Crippen LogP contribution in [0.3, 0.4) is 0 Å². The first-order valence-electron chi connectivity index (χ1n) is 7.69. The number of primary amides is 1. The second-order valence-electron chi connectivity index (χ2n) is 5.85. The van der Waals surface area contributed by atoms with Crippen LogP contribution in [0.25, 0.3) is 11.1 Å². The highest BCUT2D eigenvalue weighted by atomic mass is 19.1. The van der Waals surface area contributed by atoms with E-state index in [-0.39, 0.29) is 17.2 Å². The second kappa shape index (κ2) is 6.31. The van der Waals surface area contributed by atoms with E-state index in [9.17, 15) is 19.1 Å². The Morgan fingerprint density at radius 1 is 1.17 bits per heavy atom. The van der Waals surface area contributed by atoms with E-state index in [0.29, 0.717) is 11.3 Å². The lowest BCUT2D eigenvalue weighted by Crippen LogP contribution is -2.43. The molecule has 0 aliphatic heterocycles. The molecular weight excluding hydrogens is 311 g/mol. The molecule has 0 unspecified atom stereocenters. The summed E-state index contributed by atoms with van der Waals surface area (Å²) in [7, 11) is 0. The molecule has 0 bridgehead atoms. The third-order valence-electron chi connectivity index (χ3n) is 4.33. The average molecular weight is 328 g/mol. The Morgan fingerprint density at radius 3 is 2.50 bits per heavy atom. The van der Waals surface area contributed by atoms with Crippen molar-refractivity contribution >= 4 is 17.7 Å². The molecule has 2 aromatic rings. The van der Waals surface area contributed by atoms with Gasteiger partial charge in [-0.15, -0.1) is 0 Å². The van der Waals surface area contributed by atoms with Crippen LogP contribution in [0.1, 0.15) is 29.6 Å². The van der Waals surface area contributed by atoms with Gasteiger partial charge in [0, 0.05) is 22.9 Å². The van der Waals surface area contributed by atoms with Crippen molar-refractivity contribution in [3.05, 3.63) is 53.8 Å². The number of carbonyl (C=O) groups is 2. The monoisotopic (exact) mass is 328 g/mol. The summed E-state index contributed by atoms with van der Waals surface area (Å²) in [6.45, 7) is 0. The topological polar surface area (TPSA) is 83.6 Å². The van der Waals surface area contributed by atoms with Crippen LogP contribution in [0, 0.1) is 5.82 Å². The van der Waals surface area contributed by atoms with Crippen LogP contribution >= 0.6 is 0 Å². The Labute approximate surface area is 138 Å². The summed E-state index contributed by atoms with van der Waals surface area (Å²) in [5.41, 5.74) is 6.67. The zero-order valence-electron chi connectivity index (χ0n) is 12.9. The lowest BCUT2D eigenvalue weighted by molar-refractivity contribution is 0.1000. The van der Waals surface area contributed by atoms with Crippen molar-refractivity contribution in [2.24, 2.45) is 5.73 Å². The number of carbonyl (C=O) groups excluding carboxylic acids is 1. The molecule has 3 rings (SSSR count). The second-order valence-corrected chi connectivity index (χ2v) is 5.85. The number of rotatable bonds is 4. The van der Waals surface area contributed by atoms with Crippen molar-refractivity contribution in [1.82, 2.24) is 0 Å². The number of amides is 2. The maximum absolute atomic E-state index is 14.3. The van der Waals surface area contributed by atoms with Crippen molar-refractivity contribution < 1.29 is 19.1 Å². The van der Waals surface area contributed by atoms with Gasteiger partial charge in [0.05, 0.1) is 0 Å². The first-order valence-corrected chi connectivity index (χ1v) is 7.69. The van der Waals surface area contributed by atoms with Gasteiger partial charge in [0.25, 0.3) is 0 Å². The highest BCUT2D eigenvalue weighted by Crippen LogP contribution is 2.33. The van der Waals surface area contributed by atoms with Gasteiger partial charge in [-0.3, -0.25) is 9.69 Å². The summed E-state index contributed by atoms with van der Waals surface area (Å²) >= 11 is 0. The largest absolute Gasteiger partial charge is 0.465 e. The van der Waals surface area contributed by atoms with E-state index in [0.717, 1.165) is 19.3 Å². The van der Waals surface area contributed by atoms with Crippen LogP contribution in [0.5, 0.6) is 0 Å². The fraction of sp³-hybridized carbons (Fsp3) is 0.222. The Hall–Kier alpha value is -2.89. The van der Waals surface area contributed by atoms with Crippen molar-refractivity contribution in [2.45, 2.75) is 25.3 Å². The highest BCUT2D eigenvalue weighted by Gasteiger charge is 2.30. The van der Waals surface area contributed by atoms with E-state index >= 15 is 0 Å². The SMILES string of the molecule is NC(=O)c1cccc(-c2cc(N(C(=O)O)C3CCC3)ccc2F)c1. The molecule has 0 radical (unpaired) electrons. The normalized spacial score (nSPS) is 14.0. The first kappa shape index (κ1) is 16.0. The van der Waals surface area contributed by atoms with Gasteiger partial charge >= 0.3 is 6.09 Å². The molecule has 0 atom stereocenters. The predicted octanol–water partition coefficient (Wildman–Crippen LogP) is 3.63. The molecule has 0 heterocycles. The standard InChI is InChI=1S/C18H17FN2O3/c19-16-8-7-14(21(18(23)24)13-5-2-6-13)10-15(16)11-3-1-4-12(9-11)17(20)22/h1,3-4,7-10,13H,2,5-6H2,(H2,20,22)(H,23,24). The minimum atomic E-state index is -1.05. The summed E-state index contributed by atoms with van der Waals surface area (Å²) < 4.78 is 14.3. The fourth-order valence-corrected chi connectivity index (χ4v) is 2.85. The molecule has 2 amide bonds. The Morgan fingerprint density at radius 2 is 1.92 bits per heavy atom. The van der Waals surface area contributed by atoms with Gasteiger partial charge in [-0.05, 0) is 55.2 Å². The Balaban J connectivity index is 2.04. The molecule has 0 spiro atoms. The number of hydrogen-bond acceptors (Lipinski definition) is 2. The van der Waals surface area contributed by atoms with Crippen LogP contribution in [-0.4, -0.2) is 23.1 Å². The van der Waals surface area contributed by atoms with Crippen LogP contribution in [-0.2, 0) is 0 Å². The molecule has 1 aliphatic carbocycles. The number of anilines is 1. The summed E-state index contributed by atoms with van der Waals surface area (Å²) in [5.74, 6) is -1.09. The molecule has 0 saturated heterocycles. The Bertz CT molecular complexity index is 803. The van der Waals surface area contributed by atoms with Gasteiger partial charge in [0.2, 0.25) is 5.91 Å². The third-order valence-corrected chi connectivity index (χ3v) is 4.33. The molecule has 0 aromatic heterocycles. The average Bonchev–Trinajstić information content (AvgIpc) is 2.51. The van der Waals surface area contributed by atoms with Gasteiger partial charge in [-0.1, -0.05) is 12.1 Å². The van der Waals surface area contributed by atoms with E-state index in [1.54, 1.807) is 18.2 Å². The smallest absolute Gasteiger partial charge is 0.412 e. The number of benzene rings is 2. The van der Waals surface area contributed by atoms with Crippen molar-refractivity contribution in [1.29, 1.82) is 0 Å². The van der Waals surface area contributed by atoms with E-state index in [4.69, 9.17) is 5.73 Å². The quantitative estimate of drug-likeness (QED) is 0.899. The molecule has 6 heteroatoms. The van der Waals surface area contributed by atoms with Gasteiger partial charge in [0.15, 0.2) is 0 Å². The molecule has 5 nitrogen and oxygen atoms in total. The molecule has 1 saturated carbocycles. The van der Waals surface area contributed by atoms with Crippen LogP contribution in [0.15, 0.2) is 42.5 Å². The van der Waals surface area contributed by atoms with E-state index in [1.165, 1.54) is 29.2 Å². The van der Waals surface area contributed by atoms with Crippen molar-refractivity contribution in [3.8, 4) is 11.1 Å². The zero-order chi connectivity index (χ0) is 17.3.